The minimum absolute atomic E-state index is 0.474. The van der Waals surface area contributed by atoms with Crippen LogP contribution in [0.2, 0.25) is 5.02 Å². The van der Waals surface area contributed by atoms with Crippen molar-refractivity contribution in [3.63, 3.8) is 0 Å². The van der Waals surface area contributed by atoms with Crippen LogP contribution in [0.15, 0.2) is 6.07 Å². The second-order valence-electron chi connectivity index (χ2n) is 2.84. The third-order valence-corrected chi connectivity index (χ3v) is 2.39. The fourth-order valence-corrected chi connectivity index (χ4v) is 1.49. The predicted molar refractivity (Wildman–Crippen MR) is 52.2 cm³/mol. The van der Waals surface area contributed by atoms with Crippen molar-refractivity contribution in [1.82, 2.24) is 0 Å². The van der Waals surface area contributed by atoms with E-state index >= 15 is 0 Å². The first-order chi connectivity index (χ1) is 6.11. The quantitative estimate of drug-likeness (QED) is 0.691. The maximum Gasteiger partial charge on any atom is 0.155 e. The number of nitriles is 1. The number of rotatable bonds is 1. The van der Waals surface area contributed by atoms with E-state index in [1.165, 1.54) is 7.11 Å². The number of hydrogen-bond donors (Lipinski definition) is 0. The molecule has 0 amide bonds. The molecule has 0 saturated carbocycles. The molecular formula is C10H10ClNO. The Morgan fingerprint density at radius 2 is 2.00 bits per heavy atom. The maximum absolute atomic E-state index is 8.86. The van der Waals surface area contributed by atoms with Crippen LogP contribution in [0.4, 0.5) is 0 Å². The number of benzene rings is 1. The summed E-state index contributed by atoms with van der Waals surface area (Å²) in [6.45, 7) is 3.75. The van der Waals surface area contributed by atoms with Crippen LogP contribution in [0.25, 0.3) is 0 Å². The summed E-state index contributed by atoms with van der Waals surface area (Å²) < 4.78 is 5.07. The molecule has 13 heavy (non-hydrogen) atoms. The van der Waals surface area contributed by atoms with E-state index < -0.39 is 0 Å². The van der Waals surface area contributed by atoms with Crippen molar-refractivity contribution in [1.29, 1.82) is 5.26 Å². The van der Waals surface area contributed by atoms with Crippen molar-refractivity contribution in [2.24, 2.45) is 0 Å². The lowest BCUT2D eigenvalue weighted by atomic mass is 10.1. The minimum Gasteiger partial charge on any atom is -0.494 e. The molecule has 0 spiro atoms. The number of aryl methyl sites for hydroxylation is 2. The molecule has 2 nitrogen and oxygen atoms in total. The van der Waals surface area contributed by atoms with Gasteiger partial charge in [0.15, 0.2) is 5.75 Å². The Morgan fingerprint density at radius 3 is 2.46 bits per heavy atom. The van der Waals surface area contributed by atoms with Crippen molar-refractivity contribution >= 4 is 11.6 Å². The molecule has 1 aromatic carbocycles. The van der Waals surface area contributed by atoms with Crippen molar-refractivity contribution in [3.05, 3.63) is 27.8 Å². The van der Waals surface area contributed by atoms with Gasteiger partial charge in [0.25, 0.3) is 0 Å². The summed E-state index contributed by atoms with van der Waals surface area (Å²) in [6, 6.07) is 3.95. The Bertz CT molecular complexity index is 379. The van der Waals surface area contributed by atoms with Gasteiger partial charge in [-0.1, -0.05) is 17.7 Å². The van der Waals surface area contributed by atoms with Crippen LogP contribution in [0.1, 0.15) is 16.7 Å². The molecule has 0 aliphatic carbocycles. The van der Waals surface area contributed by atoms with E-state index in [2.05, 4.69) is 6.07 Å². The van der Waals surface area contributed by atoms with Crippen molar-refractivity contribution in [3.8, 4) is 11.8 Å². The Morgan fingerprint density at radius 1 is 1.38 bits per heavy atom. The van der Waals surface area contributed by atoms with E-state index in [-0.39, 0.29) is 0 Å². The molecule has 0 saturated heterocycles. The zero-order valence-corrected chi connectivity index (χ0v) is 8.57. The normalized spacial score (nSPS) is 9.46. The lowest BCUT2D eigenvalue weighted by Crippen LogP contribution is -1.94. The standard InChI is InChI=1S/C10H10ClNO/c1-6-4-7(2)9(11)10(13-3)8(6)5-12/h4H,1-3H3. The van der Waals surface area contributed by atoms with Gasteiger partial charge in [0.2, 0.25) is 0 Å². The maximum atomic E-state index is 8.86. The van der Waals surface area contributed by atoms with Gasteiger partial charge in [-0.3, -0.25) is 0 Å². The first-order valence-corrected chi connectivity index (χ1v) is 4.23. The molecular weight excluding hydrogens is 186 g/mol. The zero-order chi connectivity index (χ0) is 10.0. The second-order valence-corrected chi connectivity index (χ2v) is 3.22. The number of hydrogen-bond acceptors (Lipinski definition) is 2. The molecule has 0 heterocycles. The summed E-state index contributed by atoms with van der Waals surface area (Å²) in [4.78, 5) is 0. The van der Waals surface area contributed by atoms with Gasteiger partial charge in [-0.2, -0.15) is 5.26 Å². The summed E-state index contributed by atoms with van der Waals surface area (Å²) in [5.74, 6) is 0.474. The average molecular weight is 196 g/mol. The van der Waals surface area contributed by atoms with Crippen molar-refractivity contribution in [2.75, 3.05) is 7.11 Å². The first kappa shape index (κ1) is 9.88. The Hall–Kier alpha value is -1.20. The molecule has 0 N–H and O–H groups in total. The molecule has 0 radical (unpaired) electrons. The largest absolute Gasteiger partial charge is 0.494 e. The van der Waals surface area contributed by atoms with Gasteiger partial charge in [-0.05, 0) is 25.0 Å². The highest BCUT2D eigenvalue weighted by Gasteiger charge is 2.12. The zero-order valence-electron chi connectivity index (χ0n) is 7.81. The Labute approximate surface area is 82.7 Å². The molecule has 1 rings (SSSR count). The molecule has 0 fully saturated rings. The predicted octanol–water partition coefficient (Wildman–Crippen LogP) is 2.84. The molecule has 3 heteroatoms. The summed E-state index contributed by atoms with van der Waals surface area (Å²) in [7, 11) is 1.51. The average Bonchev–Trinajstić information content (AvgIpc) is 2.10. The van der Waals surface area contributed by atoms with Gasteiger partial charge >= 0.3 is 0 Å². The highest BCUT2D eigenvalue weighted by atomic mass is 35.5. The number of nitrogens with zero attached hydrogens (tertiary/aromatic N) is 1. The van der Waals surface area contributed by atoms with Gasteiger partial charge < -0.3 is 4.74 Å². The minimum atomic E-state index is 0.474. The third-order valence-electron chi connectivity index (χ3n) is 1.92. The number of ether oxygens (including phenoxy) is 1. The molecule has 68 valence electrons. The molecule has 0 unspecified atom stereocenters. The van der Waals surface area contributed by atoms with Crippen LogP contribution in [0.5, 0.6) is 5.75 Å². The van der Waals surface area contributed by atoms with Crippen molar-refractivity contribution in [2.45, 2.75) is 13.8 Å². The molecule has 0 atom stereocenters. The van der Waals surface area contributed by atoms with Gasteiger partial charge in [0, 0.05) is 0 Å². The molecule has 1 aromatic rings. The second kappa shape index (κ2) is 3.68. The lowest BCUT2D eigenvalue weighted by Gasteiger charge is -2.09. The van der Waals surface area contributed by atoms with Gasteiger partial charge in [-0.15, -0.1) is 0 Å². The van der Waals surface area contributed by atoms with Crippen LogP contribution in [-0.4, -0.2) is 7.11 Å². The van der Waals surface area contributed by atoms with E-state index in [9.17, 15) is 0 Å². The fraction of sp³-hybridized carbons (Fsp3) is 0.300. The van der Waals surface area contributed by atoms with Crippen molar-refractivity contribution < 1.29 is 4.74 Å². The smallest absolute Gasteiger partial charge is 0.155 e. The van der Waals surface area contributed by atoms with E-state index in [0.29, 0.717) is 16.3 Å². The molecule has 0 aliphatic heterocycles. The Balaban J connectivity index is 3.53. The molecule has 0 aromatic heterocycles. The summed E-state index contributed by atoms with van der Waals surface area (Å²) in [6.07, 6.45) is 0. The van der Waals surface area contributed by atoms with Gasteiger partial charge in [-0.25, -0.2) is 0 Å². The highest BCUT2D eigenvalue weighted by Crippen LogP contribution is 2.33. The van der Waals surface area contributed by atoms with Crippen LogP contribution in [0.3, 0.4) is 0 Å². The number of halogens is 1. The molecule has 0 bridgehead atoms. The first-order valence-electron chi connectivity index (χ1n) is 3.85. The van der Waals surface area contributed by atoms with Crippen LogP contribution < -0.4 is 4.74 Å². The van der Waals surface area contributed by atoms with Crippen LogP contribution in [0, 0.1) is 25.2 Å². The highest BCUT2D eigenvalue weighted by molar-refractivity contribution is 6.33. The van der Waals surface area contributed by atoms with Crippen LogP contribution >= 0.6 is 11.6 Å². The number of methoxy groups -OCH3 is 1. The monoisotopic (exact) mass is 195 g/mol. The Kier molecular flexibility index (Phi) is 2.79. The topological polar surface area (TPSA) is 33.0 Å². The molecule has 0 aliphatic rings. The lowest BCUT2D eigenvalue weighted by molar-refractivity contribution is 0.413. The summed E-state index contributed by atoms with van der Waals surface area (Å²) in [5, 5.41) is 9.38. The van der Waals surface area contributed by atoms with E-state index in [1.54, 1.807) is 0 Å². The summed E-state index contributed by atoms with van der Waals surface area (Å²) >= 11 is 5.97. The third kappa shape index (κ3) is 1.61. The van der Waals surface area contributed by atoms with E-state index in [1.807, 2.05) is 19.9 Å². The van der Waals surface area contributed by atoms with Crippen LogP contribution in [-0.2, 0) is 0 Å². The van der Waals surface area contributed by atoms with Gasteiger partial charge in [0.05, 0.1) is 17.7 Å². The summed E-state index contributed by atoms with van der Waals surface area (Å²) in [5.41, 5.74) is 2.33. The van der Waals surface area contributed by atoms with E-state index in [0.717, 1.165) is 11.1 Å². The van der Waals surface area contributed by atoms with E-state index in [4.69, 9.17) is 21.6 Å². The van der Waals surface area contributed by atoms with Gasteiger partial charge in [0.1, 0.15) is 6.07 Å². The fourth-order valence-electron chi connectivity index (χ4n) is 1.26. The SMILES string of the molecule is COc1c(Cl)c(C)cc(C)c1C#N.